The first kappa shape index (κ1) is 22.4. The van der Waals surface area contributed by atoms with E-state index < -0.39 is 41.9 Å². The quantitative estimate of drug-likeness (QED) is 0.590. The van der Waals surface area contributed by atoms with Crippen molar-refractivity contribution >= 4 is 11.7 Å². The monoisotopic (exact) mass is 455 g/mol. The highest BCUT2D eigenvalue weighted by Gasteiger charge is 2.37. The maximum absolute atomic E-state index is 14.8. The first-order valence-corrected chi connectivity index (χ1v) is 10.4. The van der Waals surface area contributed by atoms with Gasteiger partial charge in [0.05, 0.1) is 11.8 Å². The number of hydrogen-bond acceptors (Lipinski definition) is 3. The molecule has 1 aliphatic carbocycles. The number of aliphatic carboxylic acids is 1. The Morgan fingerprint density at radius 1 is 1.16 bits per heavy atom. The Bertz CT molecular complexity index is 1020. The number of carbonyl (C=O) groups is 1. The van der Waals surface area contributed by atoms with Gasteiger partial charge in [-0.1, -0.05) is 12.1 Å². The number of hydrogen-bond donors (Lipinski definition) is 1. The molecule has 4 nitrogen and oxygen atoms in total. The number of carboxylic acids is 1. The van der Waals surface area contributed by atoms with Crippen LogP contribution in [0.15, 0.2) is 24.3 Å². The molecule has 2 aromatic rings. The van der Waals surface area contributed by atoms with E-state index in [9.17, 15) is 26.7 Å². The smallest absolute Gasteiger partial charge is 0.303 e. The molecule has 2 aliphatic rings. The first-order valence-electron chi connectivity index (χ1n) is 10.4. The van der Waals surface area contributed by atoms with Gasteiger partial charge in [-0.25, -0.2) is 22.0 Å². The van der Waals surface area contributed by atoms with Crippen LogP contribution in [0.5, 0.6) is 5.75 Å². The fourth-order valence-corrected chi connectivity index (χ4v) is 4.25. The molecular weight excluding hydrogens is 433 g/mol. The van der Waals surface area contributed by atoms with Crippen LogP contribution in [-0.2, 0) is 24.2 Å². The second-order valence-corrected chi connectivity index (χ2v) is 8.29. The van der Waals surface area contributed by atoms with Crippen LogP contribution in [0.3, 0.4) is 0 Å². The van der Waals surface area contributed by atoms with Gasteiger partial charge >= 0.3 is 5.97 Å². The summed E-state index contributed by atoms with van der Waals surface area (Å²) in [5.74, 6) is -4.30. The number of fused-ring (bicyclic) bond motifs is 1. The zero-order valence-corrected chi connectivity index (χ0v) is 17.1. The van der Waals surface area contributed by atoms with Gasteiger partial charge in [-0.2, -0.15) is 0 Å². The molecule has 4 rings (SSSR count). The number of nitrogens with zero attached hydrogens (tertiary/aromatic N) is 1. The third-order valence-electron chi connectivity index (χ3n) is 6.13. The molecule has 0 radical (unpaired) electrons. The van der Waals surface area contributed by atoms with Crippen LogP contribution < -0.4 is 9.64 Å². The van der Waals surface area contributed by atoms with E-state index in [0.717, 1.165) is 6.07 Å². The van der Waals surface area contributed by atoms with E-state index in [2.05, 4.69) is 0 Å². The van der Waals surface area contributed by atoms with E-state index in [1.54, 1.807) is 11.0 Å². The lowest BCUT2D eigenvalue weighted by atomic mass is 9.82. The first-order chi connectivity index (χ1) is 15.2. The molecular formula is C23H22F5NO3. The summed E-state index contributed by atoms with van der Waals surface area (Å²) in [4.78, 5) is 12.3. The Morgan fingerprint density at radius 3 is 2.59 bits per heavy atom. The number of halogens is 5. The van der Waals surface area contributed by atoms with Crippen LogP contribution in [-0.4, -0.2) is 30.2 Å². The lowest BCUT2D eigenvalue weighted by Crippen LogP contribution is -2.37. The van der Waals surface area contributed by atoms with E-state index in [-0.39, 0.29) is 56.6 Å². The maximum atomic E-state index is 14.8. The summed E-state index contributed by atoms with van der Waals surface area (Å²) < 4.78 is 74.4. The third-order valence-corrected chi connectivity index (χ3v) is 6.13. The second-order valence-electron chi connectivity index (χ2n) is 8.29. The van der Waals surface area contributed by atoms with Crippen molar-refractivity contribution in [3.8, 4) is 5.75 Å². The molecule has 9 heteroatoms. The molecule has 1 heterocycles. The predicted molar refractivity (Wildman–Crippen MR) is 107 cm³/mol. The van der Waals surface area contributed by atoms with Gasteiger partial charge in [-0.3, -0.25) is 4.79 Å². The summed E-state index contributed by atoms with van der Waals surface area (Å²) in [5.41, 5.74) is 1.34. The van der Waals surface area contributed by atoms with Crippen LogP contribution in [0.2, 0.25) is 0 Å². The van der Waals surface area contributed by atoms with E-state index in [0.29, 0.717) is 16.7 Å². The standard InChI is InChI=1S/C23H22F5NO3/c24-18-9-16(32-15-7-14(8-15)23(27)28)10-19(22(18)26)29-6-5-17-13(11-29)2-1-12(21(17)25)3-4-20(30)31/h1-2,9-10,14-15,23H,3-8,11H2,(H,30,31). The molecule has 0 unspecified atom stereocenters. The van der Waals surface area contributed by atoms with Crippen molar-refractivity contribution in [1.82, 2.24) is 0 Å². The fourth-order valence-electron chi connectivity index (χ4n) is 4.25. The molecule has 2 aromatic carbocycles. The second kappa shape index (κ2) is 8.96. The van der Waals surface area contributed by atoms with Crippen molar-refractivity contribution in [3.05, 3.63) is 58.4 Å². The van der Waals surface area contributed by atoms with Crippen LogP contribution in [0.4, 0.5) is 27.6 Å². The molecule has 0 amide bonds. The summed E-state index contributed by atoms with van der Waals surface area (Å²) in [5, 5.41) is 8.81. The summed E-state index contributed by atoms with van der Waals surface area (Å²) >= 11 is 0. The Kier molecular flexibility index (Phi) is 6.26. The van der Waals surface area contributed by atoms with E-state index in [1.807, 2.05) is 0 Å². The van der Waals surface area contributed by atoms with Crippen molar-refractivity contribution in [2.75, 3.05) is 11.4 Å². The highest BCUT2D eigenvalue weighted by molar-refractivity contribution is 5.67. The molecule has 1 N–H and O–H groups in total. The number of anilines is 1. The van der Waals surface area contributed by atoms with Crippen molar-refractivity contribution in [3.63, 3.8) is 0 Å². The highest BCUT2D eigenvalue weighted by Crippen LogP contribution is 2.38. The van der Waals surface area contributed by atoms with Gasteiger partial charge in [0.15, 0.2) is 11.6 Å². The number of aryl methyl sites for hydroxylation is 1. The third kappa shape index (κ3) is 4.52. The van der Waals surface area contributed by atoms with Gasteiger partial charge in [0.2, 0.25) is 6.43 Å². The molecule has 0 spiro atoms. The number of alkyl halides is 2. The van der Waals surface area contributed by atoms with Crippen molar-refractivity contribution in [2.45, 2.75) is 51.2 Å². The Morgan fingerprint density at radius 2 is 1.91 bits per heavy atom. The van der Waals surface area contributed by atoms with Gasteiger partial charge in [-0.15, -0.1) is 0 Å². The van der Waals surface area contributed by atoms with Gasteiger partial charge in [0.25, 0.3) is 0 Å². The molecule has 32 heavy (non-hydrogen) atoms. The summed E-state index contributed by atoms with van der Waals surface area (Å²) in [6, 6.07) is 5.44. The summed E-state index contributed by atoms with van der Waals surface area (Å²) in [6.07, 6.45) is -2.43. The van der Waals surface area contributed by atoms with Crippen LogP contribution in [0.1, 0.15) is 36.0 Å². The minimum Gasteiger partial charge on any atom is -0.490 e. The van der Waals surface area contributed by atoms with Crippen molar-refractivity contribution in [2.24, 2.45) is 5.92 Å². The maximum Gasteiger partial charge on any atom is 0.303 e. The fraction of sp³-hybridized carbons (Fsp3) is 0.435. The molecule has 1 aliphatic heterocycles. The molecule has 172 valence electrons. The molecule has 1 fully saturated rings. The largest absolute Gasteiger partial charge is 0.490 e. The van der Waals surface area contributed by atoms with Crippen LogP contribution in [0, 0.1) is 23.4 Å². The molecule has 0 saturated heterocycles. The van der Waals surface area contributed by atoms with Gasteiger partial charge in [0, 0.05) is 37.6 Å². The minimum absolute atomic E-state index is 0.0363. The summed E-state index contributed by atoms with van der Waals surface area (Å²) in [6.45, 7) is 0.366. The SMILES string of the molecule is O=C(O)CCc1ccc2c(c1F)CCN(c1cc(OC3CC(C(F)F)C3)cc(F)c1F)C2. The number of carboxylic acid groups (broad SMARTS) is 1. The number of rotatable bonds is 7. The Labute approximate surface area is 181 Å². The molecule has 0 atom stereocenters. The number of benzene rings is 2. The van der Waals surface area contributed by atoms with Crippen molar-refractivity contribution < 1.29 is 36.6 Å². The Balaban J connectivity index is 1.51. The molecule has 0 aromatic heterocycles. The van der Waals surface area contributed by atoms with Gasteiger partial charge in [-0.05, 0) is 42.4 Å². The van der Waals surface area contributed by atoms with E-state index in [1.165, 1.54) is 12.1 Å². The average molecular weight is 455 g/mol. The molecule has 0 bridgehead atoms. The topological polar surface area (TPSA) is 49.8 Å². The molecule has 1 saturated carbocycles. The van der Waals surface area contributed by atoms with Crippen molar-refractivity contribution in [1.29, 1.82) is 0 Å². The van der Waals surface area contributed by atoms with E-state index >= 15 is 0 Å². The van der Waals surface area contributed by atoms with Crippen LogP contribution in [0.25, 0.3) is 0 Å². The van der Waals surface area contributed by atoms with E-state index in [4.69, 9.17) is 9.84 Å². The number of ether oxygens (including phenoxy) is 1. The zero-order valence-electron chi connectivity index (χ0n) is 17.1. The lowest BCUT2D eigenvalue weighted by Gasteiger charge is -2.35. The van der Waals surface area contributed by atoms with Gasteiger partial charge < -0.3 is 14.7 Å². The Hall–Kier alpha value is -2.84. The van der Waals surface area contributed by atoms with Gasteiger partial charge in [0.1, 0.15) is 11.6 Å². The zero-order chi connectivity index (χ0) is 23.0. The lowest BCUT2D eigenvalue weighted by molar-refractivity contribution is -0.136. The normalized spacial score (nSPS) is 20.1. The average Bonchev–Trinajstić information content (AvgIpc) is 2.71. The highest BCUT2D eigenvalue weighted by atomic mass is 19.3. The minimum atomic E-state index is -2.42. The summed E-state index contributed by atoms with van der Waals surface area (Å²) in [7, 11) is 0. The van der Waals surface area contributed by atoms with Crippen LogP contribution >= 0.6 is 0 Å². The predicted octanol–water partition coefficient (Wildman–Crippen LogP) is 5.11.